The first-order valence-electron chi connectivity index (χ1n) is 27.4. The van der Waals surface area contributed by atoms with Crippen molar-refractivity contribution in [2.24, 2.45) is 11.3 Å². The molecule has 21 heteroatoms. The molecule has 14 nitrogen and oxygen atoms in total. The molecule has 5 aliphatic rings. The van der Waals surface area contributed by atoms with Crippen LogP contribution in [0.3, 0.4) is 0 Å². The third-order valence-electron chi connectivity index (χ3n) is 16.1. The standard InChI is InChI=1S/C58H73ClF3N7O7S3/c1-56(2,3)76-55(71)68-32-28-66(29-33-68)40-57(4)24-22-51(42-11-15-45(59)16-12-42)44(36-57)38-65-26-30-67(31-27-65)47-18-13-43(14-19-47)54(70)64-79(74,75)50-20-21-52(53(35-50)78(72,73)58(60,61)62)63-46(39-77-49-8-6-5-7-9-49)23-25-69-37-41-10-17-48(69)34-41/h5-9,11-16,18-21,35,41,46,48,63H,10,17,22-34,36-40H2,1-4H3,(H,64,70)/t41?,46-,48?,57-/m1/s1. The Balaban J connectivity index is 0.830. The van der Waals surface area contributed by atoms with Crippen molar-refractivity contribution in [3.8, 4) is 0 Å². The number of anilines is 2. The lowest BCUT2D eigenvalue weighted by atomic mass is 9.71. The number of carbonyl (C=O) groups is 2. The summed E-state index contributed by atoms with van der Waals surface area (Å²) in [6.45, 7) is 17.1. The van der Waals surface area contributed by atoms with Gasteiger partial charge in [-0.25, -0.2) is 26.4 Å². The van der Waals surface area contributed by atoms with E-state index in [0.29, 0.717) is 67.9 Å². The number of piperidine rings is 1. The number of amides is 2. The first-order chi connectivity index (χ1) is 37.4. The molecule has 0 aromatic heterocycles. The van der Waals surface area contributed by atoms with Crippen molar-refractivity contribution < 1.29 is 44.3 Å². The summed E-state index contributed by atoms with van der Waals surface area (Å²) in [5.41, 5.74) is -1.86. The second-order valence-electron chi connectivity index (χ2n) is 23.3. The Morgan fingerprint density at radius 1 is 0.848 bits per heavy atom. The third-order valence-corrected chi connectivity index (χ3v) is 20.4. The lowest BCUT2D eigenvalue weighted by molar-refractivity contribution is -0.0436. The molecule has 3 heterocycles. The van der Waals surface area contributed by atoms with Crippen molar-refractivity contribution in [3.63, 3.8) is 0 Å². The van der Waals surface area contributed by atoms with Gasteiger partial charge < -0.3 is 24.8 Å². The number of sulfone groups is 1. The largest absolute Gasteiger partial charge is 0.501 e. The first kappa shape index (κ1) is 58.8. The minimum absolute atomic E-state index is 0.00991. The molecule has 2 N–H and O–H groups in total. The van der Waals surface area contributed by atoms with Crippen LogP contribution in [0.25, 0.3) is 5.57 Å². The van der Waals surface area contributed by atoms with E-state index in [0.717, 1.165) is 101 Å². The number of carbonyl (C=O) groups excluding carboxylic acids is 2. The summed E-state index contributed by atoms with van der Waals surface area (Å²) in [6, 6.07) is 26.5. The van der Waals surface area contributed by atoms with Gasteiger partial charge in [-0.2, -0.15) is 13.2 Å². The number of hydrogen-bond donors (Lipinski definition) is 2. The van der Waals surface area contributed by atoms with Crippen molar-refractivity contribution in [1.29, 1.82) is 0 Å². The normalized spacial score (nSPS) is 22.3. The van der Waals surface area contributed by atoms with Gasteiger partial charge in [-0.05, 0) is 155 Å². The molecule has 2 aliphatic carbocycles. The topological polar surface area (TPSA) is 152 Å². The highest BCUT2D eigenvalue weighted by atomic mass is 35.5. The van der Waals surface area contributed by atoms with E-state index in [-0.39, 0.29) is 22.8 Å². The molecule has 0 radical (unpaired) electrons. The second-order valence-corrected chi connectivity index (χ2v) is 28.4. The molecular weight excluding hydrogens is 1100 g/mol. The number of piperazine rings is 2. The molecule has 4 atom stereocenters. The number of allylic oxidation sites excluding steroid dienone is 1. The molecule has 2 unspecified atom stereocenters. The number of ether oxygens (including phenoxy) is 1. The molecule has 428 valence electrons. The Kier molecular flexibility index (Phi) is 18.1. The van der Waals surface area contributed by atoms with Crippen LogP contribution in [-0.2, 0) is 24.6 Å². The monoisotopic (exact) mass is 1170 g/mol. The zero-order valence-corrected chi connectivity index (χ0v) is 48.6. The van der Waals surface area contributed by atoms with Crippen LogP contribution in [0.4, 0.5) is 29.3 Å². The molecule has 2 amide bonds. The minimum atomic E-state index is -6.06. The van der Waals surface area contributed by atoms with Crippen LogP contribution in [0.5, 0.6) is 0 Å². The number of likely N-dealkylation sites (tertiary alicyclic amines) is 1. The summed E-state index contributed by atoms with van der Waals surface area (Å²) in [7, 11) is -10.9. The van der Waals surface area contributed by atoms with Crippen LogP contribution in [-0.4, -0.2) is 156 Å². The number of fused-ring (bicyclic) bond motifs is 2. The smallest absolute Gasteiger partial charge is 0.444 e. The number of sulfonamides is 1. The van der Waals surface area contributed by atoms with E-state index >= 15 is 0 Å². The molecule has 2 bridgehead atoms. The summed E-state index contributed by atoms with van der Waals surface area (Å²) < 4.78 is 105. The molecule has 4 fully saturated rings. The summed E-state index contributed by atoms with van der Waals surface area (Å²) in [6.07, 6.45) is 6.55. The van der Waals surface area contributed by atoms with Gasteiger partial charge in [-0.3, -0.25) is 14.6 Å². The molecule has 9 rings (SSSR count). The van der Waals surface area contributed by atoms with Gasteiger partial charge in [0, 0.05) is 118 Å². The Bertz CT molecular complexity index is 3060. The molecule has 0 spiro atoms. The van der Waals surface area contributed by atoms with Crippen LogP contribution in [0, 0.1) is 11.3 Å². The maximum Gasteiger partial charge on any atom is 0.501 e. The van der Waals surface area contributed by atoms with Crippen LogP contribution in [0.2, 0.25) is 5.02 Å². The van der Waals surface area contributed by atoms with Gasteiger partial charge in [0.1, 0.15) is 10.5 Å². The van der Waals surface area contributed by atoms with Gasteiger partial charge in [-0.15, -0.1) is 11.8 Å². The van der Waals surface area contributed by atoms with Gasteiger partial charge in [0.2, 0.25) is 0 Å². The summed E-state index contributed by atoms with van der Waals surface area (Å²) in [5, 5.41) is 3.75. The van der Waals surface area contributed by atoms with E-state index in [1.165, 1.54) is 47.0 Å². The minimum Gasteiger partial charge on any atom is -0.444 e. The Labute approximate surface area is 473 Å². The van der Waals surface area contributed by atoms with Crippen LogP contribution >= 0.6 is 23.4 Å². The predicted octanol–water partition coefficient (Wildman–Crippen LogP) is 10.5. The average Bonchev–Trinajstić information content (AvgIpc) is 4.04. The maximum absolute atomic E-state index is 14.3. The second kappa shape index (κ2) is 24.3. The van der Waals surface area contributed by atoms with Gasteiger partial charge in [0.25, 0.3) is 25.8 Å². The number of nitrogens with zero attached hydrogens (tertiary/aromatic N) is 5. The molecule has 4 aromatic carbocycles. The van der Waals surface area contributed by atoms with Crippen molar-refractivity contribution >= 4 is 72.2 Å². The van der Waals surface area contributed by atoms with E-state index in [1.807, 2.05) is 68.0 Å². The lowest BCUT2D eigenvalue weighted by Crippen LogP contribution is -2.52. The van der Waals surface area contributed by atoms with Gasteiger partial charge in [-0.1, -0.05) is 54.4 Å². The Morgan fingerprint density at radius 3 is 2.16 bits per heavy atom. The number of hydrogen-bond acceptors (Lipinski definition) is 13. The van der Waals surface area contributed by atoms with Gasteiger partial charge in [0.05, 0.1) is 10.6 Å². The fraction of sp³-hybridized carbons (Fsp3) is 0.517. The van der Waals surface area contributed by atoms with E-state index < -0.39 is 52.7 Å². The first-order valence-corrected chi connectivity index (χ1v) is 31.7. The van der Waals surface area contributed by atoms with Crippen molar-refractivity contribution in [2.45, 2.75) is 111 Å². The van der Waals surface area contributed by atoms with E-state index in [2.05, 4.69) is 44.0 Å². The number of nitrogens with one attached hydrogen (secondary N) is 2. The average molecular weight is 1170 g/mol. The number of thioether (sulfide) groups is 1. The fourth-order valence-corrected chi connectivity index (χ4v) is 15.1. The van der Waals surface area contributed by atoms with Crippen molar-refractivity contribution in [3.05, 3.63) is 119 Å². The summed E-state index contributed by atoms with van der Waals surface area (Å²) in [5.74, 6) is 0.00189. The number of halogens is 4. The Hall–Kier alpha value is -4.83. The van der Waals surface area contributed by atoms with E-state index in [1.54, 1.807) is 17.0 Å². The highest BCUT2D eigenvalue weighted by molar-refractivity contribution is 7.99. The van der Waals surface area contributed by atoms with E-state index in [9.17, 15) is 39.6 Å². The molecular formula is C58H73ClF3N7O7S3. The number of rotatable bonds is 18. The van der Waals surface area contributed by atoms with Crippen molar-refractivity contribution in [2.75, 3.05) is 94.5 Å². The highest BCUT2D eigenvalue weighted by Crippen LogP contribution is 2.45. The van der Waals surface area contributed by atoms with Crippen LogP contribution < -0.4 is 14.9 Å². The predicted molar refractivity (Wildman–Crippen MR) is 306 cm³/mol. The zero-order chi connectivity index (χ0) is 56.3. The van der Waals surface area contributed by atoms with Crippen molar-refractivity contribution in [1.82, 2.24) is 24.3 Å². The SMILES string of the molecule is CC(C)(C)OC(=O)N1CCN(C[C@]2(C)CCC(c3ccc(Cl)cc3)=C(CN3CCN(c4ccc(C(=O)NS(=O)(=O)c5ccc(N[C@H](CCN6CC7CCC6C7)CSc6ccccc6)c(S(=O)(=O)C(F)(F)F)c5)cc4)CC3)C2)CC1. The lowest BCUT2D eigenvalue weighted by Gasteiger charge is -2.44. The van der Waals surface area contributed by atoms with E-state index in [4.69, 9.17) is 16.3 Å². The quantitative estimate of drug-likeness (QED) is 0.0910. The summed E-state index contributed by atoms with van der Waals surface area (Å²) in [4.78, 5) is 36.5. The highest BCUT2D eigenvalue weighted by Gasteiger charge is 2.49. The van der Waals surface area contributed by atoms with Gasteiger partial charge >= 0.3 is 11.6 Å². The molecule has 79 heavy (non-hydrogen) atoms. The number of alkyl halides is 3. The molecule has 4 aromatic rings. The fourth-order valence-electron chi connectivity index (χ4n) is 11.9. The molecule has 1 saturated carbocycles. The third kappa shape index (κ3) is 14.8. The summed E-state index contributed by atoms with van der Waals surface area (Å²) >= 11 is 7.81. The van der Waals surface area contributed by atoms with Crippen LogP contribution in [0.1, 0.15) is 88.6 Å². The zero-order valence-electron chi connectivity index (χ0n) is 45.4. The molecule has 3 aliphatic heterocycles. The van der Waals surface area contributed by atoms with Gasteiger partial charge in [0.15, 0.2) is 0 Å². The van der Waals surface area contributed by atoms with Crippen LogP contribution in [0.15, 0.2) is 117 Å². The maximum atomic E-state index is 14.3. The Morgan fingerprint density at radius 2 is 1.53 bits per heavy atom. The molecule has 3 saturated heterocycles. The number of benzene rings is 4.